The Labute approximate surface area is 95.5 Å². The van der Waals surface area contributed by atoms with Gasteiger partial charge in [0, 0.05) is 6.42 Å². The van der Waals surface area contributed by atoms with Crippen LogP contribution in [0, 0.1) is 16.7 Å². The first-order valence-corrected chi connectivity index (χ1v) is 6.78. The van der Waals surface area contributed by atoms with Crippen LogP contribution in [0.15, 0.2) is 11.5 Å². The molecule has 2 bridgehead atoms. The molecule has 0 aromatic carbocycles. The predicted molar refractivity (Wildman–Crippen MR) is 59.3 cm³/mol. The lowest BCUT2D eigenvalue weighted by Gasteiger charge is -2.36. The summed E-state index contributed by atoms with van der Waals surface area (Å²) in [5.74, 6) is 0.120. The molecule has 2 saturated carbocycles. The minimum Gasteiger partial charge on any atom is -0.299 e. The number of hydrogen-bond donors (Lipinski definition) is 1. The van der Waals surface area contributed by atoms with E-state index in [-0.39, 0.29) is 16.6 Å². The average Bonchev–Trinajstić information content (AvgIpc) is 2.48. The zero-order valence-corrected chi connectivity index (χ0v) is 10.3. The van der Waals surface area contributed by atoms with E-state index in [2.05, 4.69) is 6.58 Å². The molecule has 2 aliphatic carbocycles. The van der Waals surface area contributed by atoms with E-state index in [0.29, 0.717) is 12.8 Å². The summed E-state index contributed by atoms with van der Waals surface area (Å²) in [5.41, 5.74) is -1.48. The second kappa shape index (κ2) is 2.96. The number of carbonyl (C=O) groups excluding carboxylic acids is 1. The molecule has 2 unspecified atom stereocenters. The Morgan fingerprint density at radius 3 is 2.38 bits per heavy atom. The van der Waals surface area contributed by atoms with Crippen LogP contribution in [-0.2, 0) is 14.9 Å². The van der Waals surface area contributed by atoms with Crippen LogP contribution in [0.25, 0.3) is 0 Å². The Kier molecular flexibility index (Phi) is 2.18. The molecule has 0 aromatic rings. The zero-order valence-electron chi connectivity index (χ0n) is 9.49. The standard InChI is InChI=1S/C11H16O4S/c1-7(16(13,14)15)11-5-4-8(6-9(11)12)10(11,2)3/h8H,1,4-6H2,2-3H3,(H,13,14,15). The van der Waals surface area contributed by atoms with Crippen LogP contribution >= 0.6 is 0 Å². The van der Waals surface area contributed by atoms with E-state index in [1.54, 1.807) is 0 Å². The lowest BCUT2D eigenvalue weighted by atomic mass is 9.69. The summed E-state index contributed by atoms with van der Waals surface area (Å²) in [7, 11) is -4.35. The number of rotatable bonds is 2. The van der Waals surface area contributed by atoms with Crippen LogP contribution < -0.4 is 0 Å². The maximum Gasteiger partial charge on any atom is 0.291 e. The maximum absolute atomic E-state index is 12.0. The maximum atomic E-state index is 12.0. The van der Waals surface area contributed by atoms with Gasteiger partial charge in [0.05, 0.1) is 10.3 Å². The highest BCUT2D eigenvalue weighted by Gasteiger charge is 2.67. The molecule has 90 valence electrons. The topological polar surface area (TPSA) is 71.4 Å². The third kappa shape index (κ3) is 1.13. The monoisotopic (exact) mass is 244 g/mol. The Morgan fingerprint density at radius 1 is 1.50 bits per heavy atom. The fourth-order valence-corrected chi connectivity index (χ4v) is 4.47. The molecule has 16 heavy (non-hydrogen) atoms. The molecule has 0 aromatic heterocycles. The molecule has 0 aliphatic heterocycles. The summed E-state index contributed by atoms with van der Waals surface area (Å²) in [5, 5.41) is 0. The highest BCUT2D eigenvalue weighted by atomic mass is 32.2. The van der Waals surface area contributed by atoms with Crippen LogP contribution in [0.1, 0.15) is 33.1 Å². The summed E-state index contributed by atoms with van der Waals surface area (Å²) in [6, 6.07) is 0. The third-order valence-corrected chi connectivity index (χ3v) is 5.65. The van der Waals surface area contributed by atoms with Crippen molar-refractivity contribution in [1.29, 1.82) is 0 Å². The summed E-state index contributed by atoms with van der Waals surface area (Å²) < 4.78 is 31.6. The van der Waals surface area contributed by atoms with E-state index in [0.717, 1.165) is 6.42 Å². The number of Topliss-reactive ketones (excluding diaryl/α,β-unsaturated/α-hetero) is 1. The van der Waals surface area contributed by atoms with Gasteiger partial charge in [-0.1, -0.05) is 20.4 Å². The van der Waals surface area contributed by atoms with Crippen molar-refractivity contribution < 1.29 is 17.8 Å². The molecule has 0 amide bonds. The van der Waals surface area contributed by atoms with E-state index >= 15 is 0 Å². The van der Waals surface area contributed by atoms with Crippen molar-refractivity contribution >= 4 is 15.9 Å². The van der Waals surface area contributed by atoms with Crippen molar-refractivity contribution in [1.82, 2.24) is 0 Å². The first-order chi connectivity index (χ1) is 7.14. The molecule has 2 rings (SSSR count). The number of ketones is 1. The van der Waals surface area contributed by atoms with E-state index in [1.165, 1.54) is 0 Å². The highest BCUT2D eigenvalue weighted by molar-refractivity contribution is 7.89. The molecule has 2 aliphatic rings. The summed E-state index contributed by atoms with van der Waals surface area (Å²) in [6.45, 7) is 7.25. The Morgan fingerprint density at radius 2 is 2.06 bits per heavy atom. The molecule has 2 atom stereocenters. The van der Waals surface area contributed by atoms with Gasteiger partial charge in [0.2, 0.25) is 0 Å². The molecule has 2 fully saturated rings. The van der Waals surface area contributed by atoms with Gasteiger partial charge >= 0.3 is 0 Å². The summed E-state index contributed by atoms with van der Waals surface area (Å²) in [4.78, 5) is 11.7. The molecule has 0 radical (unpaired) electrons. The zero-order chi connectivity index (χ0) is 12.4. The smallest absolute Gasteiger partial charge is 0.291 e. The van der Waals surface area contributed by atoms with Gasteiger partial charge in [0.1, 0.15) is 5.78 Å². The molecule has 0 spiro atoms. The Hall–Kier alpha value is -0.680. The predicted octanol–water partition coefficient (Wildman–Crippen LogP) is 1.78. The average molecular weight is 244 g/mol. The molecule has 5 heteroatoms. The van der Waals surface area contributed by atoms with E-state index in [4.69, 9.17) is 4.55 Å². The summed E-state index contributed by atoms with van der Waals surface area (Å²) in [6.07, 6.45) is 1.72. The minimum atomic E-state index is -4.35. The molecular formula is C11H16O4S. The number of hydrogen-bond acceptors (Lipinski definition) is 3. The van der Waals surface area contributed by atoms with Crippen LogP contribution in [0.3, 0.4) is 0 Å². The summed E-state index contributed by atoms with van der Waals surface area (Å²) >= 11 is 0. The Bertz CT molecular complexity index is 474. The van der Waals surface area contributed by atoms with Crippen LogP contribution in [0.5, 0.6) is 0 Å². The minimum absolute atomic E-state index is 0.0867. The number of carbonyl (C=O) groups is 1. The lowest BCUT2D eigenvalue weighted by Crippen LogP contribution is -2.39. The normalized spacial score (nSPS) is 36.7. The SMILES string of the molecule is C=C(C12CCC(CC1=O)C2(C)C)S(=O)(=O)O. The molecular weight excluding hydrogens is 228 g/mol. The second-order valence-corrected chi connectivity index (χ2v) is 6.83. The van der Waals surface area contributed by atoms with Gasteiger partial charge < -0.3 is 0 Å². The second-order valence-electron chi connectivity index (χ2n) is 5.39. The Balaban J connectivity index is 2.60. The van der Waals surface area contributed by atoms with Gasteiger partial charge in [0.15, 0.2) is 0 Å². The van der Waals surface area contributed by atoms with E-state index in [1.807, 2.05) is 13.8 Å². The molecule has 4 nitrogen and oxygen atoms in total. The van der Waals surface area contributed by atoms with Crippen molar-refractivity contribution in [2.24, 2.45) is 16.7 Å². The van der Waals surface area contributed by atoms with Crippen molar-refractivity contribution in [3.63, 3.8) is 0 Å². The van der Waals surface area contributed by atoms with Gasteiger partial charge in [0.25, 0.3) is 10.1 Å². The van der Waals surface area contributed by atoms with Gasteiger partial charge in [-0.25, -0.2) is 0 Å². The molecule has 0 saturated heterocycles. The van der Waals surface area contributed by atoms with Gasteiger partial charge in [-0.15, -0.1) is 0 Å². The van der Waals surface area contributed by atoms with E-state index in [9.17, 15) is 13.2 Å². The van der Waals surface area contributed by atoms with Gasteiger partial charge in [-0.2, -0.15) is 8.42 Å². The number of fused-ring (bicyclic) bond motifs is 2. The first kappa shape index (κ1) is 11.8. The first-order valence-electron chi connectivity index (χ1n) is 5.34. The lowest BCUT2D eigenvalue weighted by molar-refractivity contribution is -0.126. The van der Waals surface area contributed by atoms with Crippen molar-refractivity contribution in [2.45, 2.75) is 33.1 Å². The van der Waals surface area contributed by atoms with Crippen LogP contribution in [0.2, 0.25) is 0 Å². The van der Waals surface area contributed by atoms with Crippen LogP contribution in [0.4, 0.5) is 0 Å². The van der Waals surface area contributed by atoms with Crippen molar-refractivity contribution in [3.05, 3.63) is 11.5 Å². The van der Waals surface area contributed by atoms with Crippen molar-refractivity contribution in [3.8, 4) is 0 Å². The fraction of sp³-hybridized carbons (Fsp3) is 0.727. The van der Waals surface area contributed by atoms with Gasteiger partial charge in [-0.05, 0) is 24.2 Å². The van der Waals surface area contributed by atoms with Crippen LogP contribution in [-0.4, -0.2) is 18.8 Å². The fourth-order valence-electron chi connectivity index (χ4n) is 3.55. The highest BCUT2D eigenvalue weighted by Crippen LogP contribution is 2.67. The van der Waals surface area contributed by atoms with E-state index < -0.39 is 20.9 Å². The van der Waals surface area contributed by atoms with Gasteiger partial charge in [-0.3, -0.25) is 9.35 Å². The molecule has 0 heterocycles. The number of allylic oxidation sites excluding steroid dienone is 1. The van der Waals surface area contributed by atoms with Crippen molar-refractivity contribution in [2.75, 3.05) is 0 Å². The quantitative estimate of drug-likeness (QED) is 0.752. The molecule has 1 N–H and O–H groups in total. The largest absolute Gasteiger partial charge is 0.299 e. The third-order valence-electron chi connectivity index (χ3n) is 4.68.